The Bertz CT molecular complexity index is 398. The van der Waals surface area contributed by atoms with Crippen molar-refractivity contribution >= 4 is 5.91 Å². The van der Waals surface area contributed by atoms with Crippen LogP contribution in [0.2, 0.25) is 0 Å². The fraction of sp³-hybridized carbons (Fsp3) is 0.500. The summed E-state index contributed by atoms with van der Waals surface area (Å²) >= 11 is 0. The number of hydrogen-bond donors (Lipinski definition) is 1. The van der Waals surface area contributed by atoms with E-state index >= 15 is 0 Å². The van der Waals surface area contributed by atoms with E-state index in [2.05, 4.69) is 4.98 Å². The number of pyridine rings is 1. The van der Waals surface area contributed by atoms with Gasteiger partial charge in [-0.15, -0.1) is 0 Å². The van der Waals surface area contributed by atoms with Gasteiger partial charge in [0.25, 0.3) is 5.91 Å². The number of nitrogens with zero attached hydrogens (tertiary/aromatic N) is 1. The molecule has 16 heavy (non-hydrogen) atoms. The first kappa shape index (κ1) is 10.9. The number of hydrogen-bond acceptors (Lipinski definition) is 3. The Hall–Kier alpha value is -1.58. The van der Waals surface area contributed by atoms with Gasteiger partial charge >= 0.3 is 0 Å². The van der Waals surface area contributed by atoms with E-state index in [1.807, 2.05) is 6.92 Å². The quantitative estimate of drug-likeness (QED) is 0.844. The summed E-state index contributed by atoms with van der Waals surface area (Å²) in [6.45, 7) is 1.87. The van der Waals surface area contributed by atoms with Gasteiger partial charge in [-0.3, -0.25) is 4.79 Å². The average Bonchev–Trinajstić information content (AvgIpc) is 2.70. The normalized spacial score (nSPS) is 16.3. The maximum absolute atomic E-state index is 11.2. The lowest BCUT2D eigenvalue weighted by molar-refractivity contribution is 0.0991. The average molecular weight is 220 g/mol. The highest BCUT2D eigenvalue weighted by Gasteiger charge is 2.20. The van der Waals surface area contributed by atoms with Crippen LogP contribution in [0.3, 0.4) is 0 Å². The number of primary amides is 1. The van der Waals surface area contributed by atoms with Crippen molar-refractivity contribution in [3.05, 3.63) is 23.4 Å². The Labute approximate surface area is 94.8 Å². The van der Waals surface area contributed by atoms with Crippen molar-refractivity contribution in [2.75, 3.05) is 0 Å². The van der Waals surface area contributed by atoms with Crippen molar-refractivity contribution < 1.29 is 9.53 Å². The Morgan fingerprint density at radius 3 is 2.75 bits per heavy atom. The number of ether oxygens (including phenoxy) is 1. The van der Waals surface area contributed by atoms with Crippen LogP contribution in [-0.2, 0) is 0 Å². The number of carbonyl (C=O) groups excluding carboxylic acids is 1. The first-order valence-corrected chi connectivity index (χ1v) is 5.61. The summed E-state index contributed by atoms with van der Waals surface area (Å²) in [4.78, 5) is 15.4. The molecular weight excluding hydrogens is 204 g/mol. The van der Waals surface area contributed by atoms with Crippen LogP contribution in [0.4, 0.5) is 0 Å². The van der Waals surface area contributed by atoms with Crippen LogP contribution in [0, 0.1) is 6.92 Å². The van der Waals surface area contributed by atoms with E-state index in [9.17, 15) is 4.79 Å². The zero-order valence-electron chi connectivity index (χ0n) is 9.40. The molecule has 0 aliphatic heterocycles. The number of amides is 1. The lowest BCUT2D eigenvalue weighted by Gasteiger charge is -2.14. The predicted molar refractivity (Wildman–Crippen MR) is 60.4 cm³/mol. The Morgan fingerprint density at radius 2 is 2.12 bits per heavy atom. The maximum atomic E-state index is 11.2. The van der Waals surface area contributed by atoms with E-state index < -0.39 is 5.91 Å². The molecule has 0 aromatic carbocycles. The fourth-order valence-electron chi connectivity index (χ4n) is 1.97. The fourth-order valence-corrected chi connectivity index (χ4v) is 1.97. The molecular formula is C12H16N2O2. The van der Waals surface area contributed by atoms with Crippen molar-refractivity contribution in [1.29, 1.82) is 0 Å². The molecule has 0 saturated heterocycles. The van der Waals surface area contributed by atoms with Gasteiger partial charge in [-0.05, 0) is 44.7 Å². The van der Waals surface area contributed by atoms with E-state index in [0.29, 0.717) is 11.4 Å². The second kappa shape index (κ2) is 4.51. The summed E-state index contributed by atoms with van der Waals surface area (Å²) in [5.74, 6) is -0.0973. The molecule has 86 valence electrons. The van der Waals surface area contributed by atoms with Crippen molar-refractivity contribution in [3.8, 4) is 5.88 Å². The van der Waals surface area contributed by atoms with Gasteiger partial charge < -0.3 is 10.5 Å². The first-order chi connectivity index (χ1) is 7.66. The summed E-state index contributed by atoms with van der Waals surface area (Å²) < 4.78 is 5.74. The molecule has 0 radical (unpaired) electrons. The molecule has 2 N–H and O–H groups in total. The molecule has 1 amide bonds. The summed E-state index contributed by atoms with van der Waals surface area (Å²) in [5, 5.41) is 0. The van der Waals surface area contributed by atoms with Crippen LogP contribution < -0.4 is 10.5 Å². The Kier molecular flexibility index (Phi) is 3.08. The van der Waals surface area contributed by atoms with Crippen molar-refractivity contribution in [3.63, 3.8) is 0 Å². The number of nitrogens with two attached hydrogens (primary N) is 1. The molecule has 1 aromatic rings. The largest absolute Gasteiger partial charge is 0.474 e. The minimum Gasteiger partial charge on any atom is -0.474 e. The first-order valence-electron chi connectivity index (χ1n) is 5.61. The molecule has 1 saturated carbocycles. The van der Waals surface area contributed by atoms with Gasteiger partial charge in [0.05, 0.1) is 0 Å². The molecule has 0 atom stereocenters. The third kappa shape index (κ3) is 2.32. The van der Waals surface area contributed by atoms with Gasteiger partial charge in [0, 0.05) is 5.69 Å². The summed E-state index contributed by atoms with van der Waals surface area (Å²) in [6.07, 6.45) is 4.62. The molecule has 0 spiro atoms. The van der Waals surface area contributed by atoms with Crippen molar-refractivity contribution in [1.82, 2.24) is 4.98 Å². The minimum atomic E-state index is -0.486. The smallest absolute Gasteiger partial charge is 0.254 e. The van der Waals surface area contributed by atoms with E-state index in [0.717, 1.165) is 18.5 Å². The summed E-state index contributed by atoms with van der Waals surface area (Å²) in [7, 11) is 0. The number of aromatic nitrogens is 1. The highest BCUT2D eigenvalue weighted by Crippen LogP contribution is 2.25. The zero-order chi connectivity index (χ0) is 11.5. The second-order valence-corrected chi connectivity index (χ2v) is 4.19. The molecule has 4 heteroatoms. The van der Waals surface area contributed by atoms with Gasteiger partial charge in [0.2, 0.25) is 5.88 Å². The van der Waals surface area contributed by atoms with Crippen LogP contribution in [0.15, 0.2) is 12.1 Å². The molecule has 0 bridgehead atoms. The number of aryl methyl sites for hydroxylation is 1. The van der Waals surface area contributed by atoms with Gasteiger partial charge in [-0.1, -0.05) is 0 Å². The SMILES string of the molecule is Cc1ccc(C(N)=O)c(OC2CCCC2)n1. The molecule has 2 rings (SSSR count). The number of carbonyl (C=O) groups is 1. The Balaban J connectivity index is 2.22. The monoisotopic (exact) mass is 220 g/mol. The lowest BCUT2D eigenvalue weighted by atomic mass is 10.2. The van der Waals surface area contributed by atoms with E-state index in [1.54, 1.807) is 12.1 Å². The second-order valence-electron chi connectivity index (χ2n) is 4.19. The molecule has 1 aliphatic rings. The zero-order valence-corrected chi connectivity index (χ0v) is 9.40. The van der Waals surface area contributed by atoms with Gasteiger partial charge in [-0.2, -0.15) is 0 Å². The molecule has 4 nitrogen and oxygen atoms in total. The van der Waals surface area contributed by atoms with Crippen molar-refractivity contribution in [2.45, 2.75) is 38.7 Å². The lowest BCUT2D eigenvalue weighted by Crippen LogP contribution is -2.18. The minimum absolute atomic E-state index is 0.187. The van der Waals surface area contributed by atoms with Crippen LogP contribution >= 0.6 is 0 Å². The third-order valence-corrected chi connectivity index (χ3v) is 2.85. The van der Waals surface area contributed by atoms with Gasteiger partial charge in [0.15, 0.2) is 0 Å². The molecule has 1 aliphatic carbocycles. The predicted octanol–water partition coefficient (Wildman–Crippen LogP) is 1.81. The molecule has 1 heterocycles. The number of rotatable bonds is 3. The van der Waals surface area contributed by atoms with Crippen LogP contribution in [0.5, 0.6) is 5.88 Å². The molecule has 1 aromatic heterocycles. The van der Waals surface area contributed by atoms with E-state index in [1.165, 1.54) is 12.8 Å². The highest BCUT2D eigenvalue weighted by molar-refractivity contribution is 5.95. The summed E-state index contributed by atoms with van der Waals surface area (Å²) in [5.41, 5.74) is 6.48. The standard InChI is InChI=1S/C12H16N2O2/c1-8-6-7-10(11(13)15)12(14-8)16-9-4-2-3-5-9/h6-7,9H,2-5H2,1H3,(H2,13,15). The molecule has 0 unspecified atom stereocenters. The van der Waals surface area contributed by atoms with Gasteiger partial charge in [-0.25, -0.2) is 4.98 Å². The maximum Gasteiger partial charge on any atom is 0.254 e. The van der Waals surface area contributed by atoms with Crippen molar-refractivity contribution in [2.24, 2.45) is 5.73 Å². The van der Waals surface area contributed by atoms with Crippen LogP contribution in [0.1, 0.15) is 41.7 Å². The molecule has 1 fully saturated rings. The van der Waals surface area contributed by atoms with E-state index in [-0.39, 0.29) is 6.10 Å². The van der Waals surface area contributed by atoms with Gasteiger partial charge in [0.1, 0.15) is 11.7 Å². The van der Waals surface area contributed by atoms with E-state index in [4.69, 9.17) is 10.5 Å². The summed E-state index contributed by atoms with van der Waals surface area (Å²) in [6, 6.07) is 3.44. The Morgan fingerprint density at radius 1 is 1.44 bits per heavy atom. The topological polar surface area (TPSA) is 65.2 Å². The van der Waals surface area contributed by atoms with Crippen LogP contribution in [-0.4, -0.2) is 17.0 Å². The van der Waals surface area contributed by atoms with Crippen LogP contribution in [0.25, 0.3) is 0 Å². The highest BCUT2D eigenvalue weighted by atomic mass is 16.5. The third-order valence-electron chi connectivity index (χ3n) is 2.85.